The van der Waals surface area contributed by atoms with E-state index in [1.165, 1.54) is 6.42 Å². The second-order valence-corrected chi connectivity index (χ2v) is 12.6. The van der Waals surface area contributed by atoms with E-state index in [1.807, 2.05) is 19.9 Å². The van der Waals surface area contributed by atoms with Gasteiger partial charge in [0.1, 0.15) is 0 Å². The minimum atomic E-state index is -0.417. The van der Waals surface area contributed by atoms with Crippen LogP contribution in [0.15, 0.2) is 12.2 Å². The third-order valence-electron chi connectivity index (χ3n) is 10.6. The molecule has 0 aliphatic heterocycles. The second kappa shape index (κ2) is 8.42. The summed E-state index contributed by atoms with van der Waals surface area (Å²) in [6.45, 7) is 11.1. The maximum absolute atomic E-state index is 11.3. The van der Waals surface area contributed by atoms with Crippen LogP contribution in [0.4, 0.5) is 0 Å². The van der Waals surface area contributed by atoms with E-state index in [-0.39, 0.29) is 46.9 Å². The van der Waals surface area contributed by atoms with E-state index in [0.717, 1.165) is 38.5 Å². The monoisotopic (exact) mass is 434 g/mol. The van der Waals surface area contributed by atoms with E-state index < -0.39 is 6.10 Å². The Kier molecular flexibility index (Phi) is 6.44. The van der Waals surface area contributed by atoms with E-state index in [0.29, 0.717) is 23.7 Å². The van der Waals surface area contributed by atoms with E-state index >= 15 is 0 Å². The molecule has 12 atom stereocenters. The molecule has 4 aliphatic carbocycles. The molecule has 0 saturated heterocycles. The lowest BCUT2D eigenvalue weighted by atomic mass is 9.43. The first-order valence-electron chi connectivity index (χ1n) is 12.9. The van der Waals surface area contributed by atoms with Gasteiger partial charge in [-0.1, -0.05) is 46.8 Å². The van der Waals surface area contributed by atoms with Crippen LogP contribution >= 0.6 is 0 Å². The number of aliphatic hydroxyl groups is 4. The third kappa shape index (κ3) is 3.84. The second-order valence-electron chi connectivity index (χ2n) is 12.6. The molecule has 4 N–H and O–H groups in total. The van der Waals surface area contributed by atoms with E-state index in [2.05, 4.69) is 26.8 Å². The highest BCUT2D eigenvalue weighted by Crippen LogP contribution is 2.68. The molecule has 4 nitrogen and oxygen atoms in total. The molecule has 0 radical (unpaired) electrons. The Morgan fingerprint density at radius 1 is 0.806 bits per heavy atom. The molecule has 4 fully saturated rings. The highest BCUT2D eigenvalue weighted by molar-refractivity contribution is 5.14. The summed E-state index contributed by atoms with van der Waals surface area (Å²) in [6, 6.07) is 0. The fraction of sp³-hybridized carbons (Fsp3) is 0.926. The lowest BCUT2D eigenvalue weighted by molar-refractivity contribution is -0.180. The molecule has 0 aromatic heterocycles. The summed E-state index contributed by atoms with van der Waals surface area (Å²) in [4.78, 5) is 0. The van der Waals surface area contributed by atoms with Crippen molar-refractivity contribution in [1.82, 2.24) is 0 Å². The average molecular weight is 435 g/mol. The van der Waals surface area contributed by atoms with Gasteiger partial charge in [0, 0.05) is 0 Å². The molecule has 0 aromatic rings. The first kappa shape index (κ1) is 23.7. The summed E-state index contributed by atoms with van der Waals surface area (Å²) in [5.74, 6) is 2.26. The van der Waals surface area contributed by atoms with Gasteiger partial charge in [-0.2, -0.15) is 0 Å². The van der Waals surface area contributed by atoms with Gasteiger partial charge < -0.3 is 20.4 Å². The van der Waals surface area contributed by atoms with Crippen LogP contribution in [-0.2, 0) is 0 Å². The fourth-order valence-corrected chi connectivity index (χ4v) is 8.85. The maximum atomic E-state index is 11.3. The number of rotatable bonds is 4. The van der Waals surface area contributed by atoms with Crippen molar-refractivity contribution in [2.75, 3.05) is 0 Å². The quantitative estimate of drug-likeness (QED) is 0.501. The maximum Gasteiger partial charge on any atom is 0.0743 e. The Hall–Kier alpha value is -0.420. The van der Waals surface area contributed by atoms with Crippen LogP contribution in [0.1, 0.15) is 79.6 Å². The largest absolute Gasteiger partial charge is 0.393 e. The predicted molar refractivity (Wildman–Crippen MR) is 123 cm³/mol. The number of hydrogen-bond donors (Lipinski definition) is 4. The van der Waals surface area contributed by atoms with E-state index in [1.54, 1.807) is 0 Å². The van der Waals surface area contributed by atoms with Crippen molar-refractivity contribution in [1.29, 1.82) is 0 Å². The molecular weight excluding hydrogens is 388 g/mol. The molecule has 4 aliphatic rings. The number of allylic oxidation sites excluding steroid dienone is 1. The zero-order valence-corrected chi connectivity index (χ0v) is 20.2. The van der Waals surface area contributed by atoms with Crippen molar-refractivity contribution < 1.29 is 20.4 Å². The summed E-state index contributed by atoms with van der Waals surface area (Å²) >= 11 is 0. The third-order valence-corrected chi connectivity index (χ3v) is 10.6. The lowest BCUT2D eigenvalue weighted by Gasteiger charge is -2.62. The molecule has 178 valence electrons. The van der Waals surface area contributed by atoms with Gasteiger partial charge in [-0.15, -0.1) is 0 Å². The molecular formula is C27H46O4. The minimum Gasteiger partial charge on any atom is -0.393 e. The van der Waals surface area contributed by atoms with E-state index in [4.69, 9.17) is 0 Å². The summed E-state index contributed by atoms with van der Waals surface area (Å²) in [6.07, 6.45) is 9.23. The lowest BCUT2D eigenvalue weighted by Crippen LogP contribution is -2.59. The van der Waals surface area contributed by atoms with Crippen LogP contribution in [0, 0.1) is 52.3 Å². The van der Waals surface area contributed by atoms with Gasteiger partial charge in [-0.3, -0.25) is 0 Å². The van der Waals surface area contributed by atoms with Gasteiger partial charge in [0.25, 0.3) is 0 Å². The highest BCUT2D eigenvalue weighted by atomic mass is 16.3. The normalized spacial score (nSPS) is 51.9. The summed E-state index contributed by atoms with van der Waals surface area (Å²) in [5.41, 5.74) is 0.151. The predicted octanol–water partition coefficient (Wildman–Crippen LogP) is 4.16. The number of aliphatic hydroxyl groups excluding tert-OH is 4. The zero-order valence-electron chi connectivity index (χ0n) is 20.2. The van der Waals surface area contributed by atoms with Gasteiger partial charge >= 0.3 is 0 Å². The zero-order chi connectivity index (χ0) is 22.7. The van der Waals surface area contributed by atoms with Crippen LogP contribution in [0.3, 0.4) is 0 Å². The summed E-state index contributed by atoms with van der Waals surface area (Å²) in [7, 11) is 0. The molecule has 0 heterocycles. The molecule has 0 aromatic carbocycles. The van der Waals surface area contributed by atoms with Gasteiger partial charge in [0.2, 0.25) is 0 Å². The van der Waals surface area contributed by atoms with Crippen molar-refractivity contribution in [2.45, 2.75) is 104 Å². The van der Waals surface area contributed by atoms with Gasteiger partial charge in [-0.05, 0) is 97.2 Å². The summed E-state index contributed by atoms with van der Waals surface area (Å²) < 4.78 is 0. The molecule has 4 heteroatoms. The minimum absolute atomic E-state index is 0.0736. The number of hydrogen-bond acceptors (Lipinski definition) is 4. The Bertz CT molecular complexity index is 676. The van der Waals surface area contributed by atoms with E-state index in [9.17, 15) is 20.4 Å². The van der Waals surface area contributed by atoms with Crippen molar-refractivity contribution in [3.8, 4) is 0 Å². The Morgan fingerprint density at radius 2 is 1.48 bits per heavy atom. The molecule has 4 saturated carbocycles. The highest BCUT2D eigenvalue weighted by Gasteiger charge is 2.64. The van der Waals surface area contributed by atoms with Gasteiger partial charge in [0.15, 0.2) is 0 Å². The molecule has 0 amide bonds. The van der Waals surface area contributed by atoms with Crippen molar-refractivity contribution in [3.05, 3.63) is 12.2 Å². The van der Waals surface area contributed by atoms with Crippen molar-refractivity contribution in [3.63, 3.8) is 0 Å². The molecule has 0 bridgehead atoms. The Labute approximate surface area is 189 Å². The Morgan fingerprint density at radius 3 is 2.16 bits per heavy atom. The van der Waals surface area contributed by atoms with Crippen LogP contribution in [-0.4, -0.2) is 44.8 Å². The first-order chi connectivity index (χ1) is 14.5. The van der Waals surface area contributed by atoms with Crippen molar-refractivity contribution in [2.24, 2.45) is 52.3 Å². The van der Waals surface area contributed by atoms with Crippen molar-refractivity contribution >= 4 is 0 Å². The first-order valence-corrected chi connectivity index (χ1v) is 12.9. The smallest absolute Gasteiger partial charge is 0.0743 e. The average Bonchev–Trinajstić information content (AvgIpc) is 2.98. The Balaban J connectivity index is 1.58. The van der Waals surface area contributed by atoms with Gasteiger partial charge in [0.05, 0.1) is 24.4 Å². The standard InChI is InChI=1S/C27H46O4/c1-15(2)22(29)7-6-16(3)20-14-24(31)25-18-13-23(30)21-12-17(28)8-10-26(21,4)19(18)9-11-27(20,25)5/h6-7,15-25,28-31H,8-14H2,1-5H3/b7-6+/t16?,17-,18+,19?,20?,21?,22?,23?,24+,25?,26+,27+/m0/s1. The fourth-order valence-electron chi connectivity index (χ4n) is 8.85. The van der Waals surface area contributed by atoms with Crippen LogP contribution in [0.25, 0.3) is 0 Å². The van der Waals surface area contributed by atoms with Gasteiger partial charge in [-0.25, -0.2) is 0 Å². The van der Waals surface area contributed by atoms with Crippen LogP contribution in [0.2, 0.25) is 0 Å². The topological polar surface area (TPSA) is 80.9 Å². The molecule has 4 rings (SSSR count). The SMILES string of the molecule is CC(C)C(O)/C=C/C(C)C1C[C@@H](O)C2[C@@H]3CC(O)C4C[C@@H](O)CC[C@]4(C)C3CC[C@]12C. The summed E-state index contributed by atoms with van der Waals surface area (Å²) in [5, 5.41) is 43.0. The molecule has 0 spiro atoms. The number of fused-ring (bicyclic) bond motifs is 5. The van der Waals surface area contributed by atoms with Crippen LogP contribution < -0.4 is 0 Å². The molecule has 31 heavy (non-hydrogen) atoms. The molecule has 7 unspecified atom stereocenters. The van der Waals surface area contributed by atoms with Crippen LogP contribution in [0.5, 0.6) is 0 Å².